The third-order valence-electron chi connectivity index (χ3n) is 3.73. The highest BCUT2D eigenvalue weighted by Crippen LogP contribution is 2.39. The Labute approximate surface area is 112 Å². The Morgan fingerprint density at radius 2 is 1.89 bits per heavy atom. The van der Waals surface area contributed by atoms with Gasteiger partial charge < -0.3 is 5.11 Å². The number of hydrogen-bond acceptors (Lipinski definition) is 1. The van der Waals surface area contributed by atoms with Crippen molar-refractivity contribution in [2.24, 2.45) is 0 Å². The zero-order valence-electron chi connectivity index (χ0n) is 10.1. The fourth-order valence-corrected chi connectivity index (χ4v) is 2.61. The number of phenolic OH excluding ortho intramolecular Hbond substituents is 1. The standard InChI is InChI=1S/C16H15ClO/c17-14-7-8-16(18)15(10-14)13-6-2-5-12(9-13)11-3-1-4-11/h2,5-11,18H,1,3-4H2. The Balaban J connectivity index is 2.02. The summed E-state index contributed by atoms with van der Waals surface area (Å²) in [4.78, 5) is 0. The zero-order valence-corrected chi connectivity index (χ0v) is 10.8. The minimum atomic E-state index is 0.283. The van der Waals surface area contributed by atoms with Crippen LogP contribution in [0.4, 0.5) is 0 Å². The van der Waals surface area contributed by atoms with Crippen molar-refractivity contribution in [2.75, 3.05) is 0 Å². The van der Waals surface area contributed by atoms with Crippen molar-refractivity contribution in [3.8, 4) is 16.9 Å². The summed E-state index contributed by atoms with van der Waals surface area (Å²) < 4.78 is 0. The van der Waals surface area contributed by atoms with E-state index in [0.717, 1.165) is 11.1 Å². The van der Waals surface area contributed by atoms with Gasteiger partial charge in [0.2, 0.25) is 0 Å². The lowest BCUT2D eigenvalue weighted by molar-refractivity contribution is 0.420. The van der Waals surface area contributed by atoms with E-state index in [1.165, 1.54) is 24.8 Å². The first-order valence-electron chi connectivity index (χ1n) is 6.33. The smallest absolute Gasteiger partial charge is 0.123 e. The molecule has 0 unspecified atom stereocenters. The fourth-order valence-electron chi connectivity index (χ4n) is 2.44. The fraction of sp³-hybridized carbons (Fsp3) is 0.250. The molecule has 2 aromatic carbocycles. The lowest BCUT2D eigenvalue weighted by atomic mass is 9.79. The monoisotopic (exact) mass is 258 g/mol. The van der Waals surface area contributed by atoms with Crippen molar-refractivity contribution >= 4 is 11.6 Å². The van der Waals surface area contributed by atoms with E-state index in [1.54, 1.807) is 12.1 Å². The average Bonchev–Trinajstić information content (AvgIpc) is 2.30. The molecule has 0 atom stereocenters. The molecule has 92 valence electrons. The summed E-state index contributed by atoms with van der Waals surface area (Å²) in [5.41, 5.74) is 3.22. The number of phenols is 1. The molecule has 2 heteroatoms. The highest BCUT2D eigenvalue weighted by atomic mass is 35.5. The van der Waals surface area contributed by atoms with Crippen LogP contribution in [0.15, 0.2) is 42.5 Å². The third kappa shape index (κ3) is 2.11. The minimum absolute atomic E-state index is 0.283. The summed E-state index contributed by atoms with van der Waals surface area (Å²) in [6.45, 7) is 0. The number of halogens is 1. The van der Waals surface area contributed by atoms with Crippen LogP contribution >= 0.6 is 11.6 Å². The lowest BCUT2D eigenvalue weighted by Crippen LogP contribution is -2.08. The number of hydrogen-bond donors (Lipinski definition) is 1. The van der Waals surface area contributed by atoms with Gasteiger partial charge in [0, 0.05) is 10.6 Å². The van der Waals surface area contributed by atoms with Gasteiger partial charge in [0.05, 0.1) is 0 Å². The van der Waals surface area contributed by atoms with Crippen LogP contribution in [0.1, 0.15) is 30.7 Å². The van der Waals surface area contributed by atoms with Gasteiger partial charge in [0.1, 0.15) is 5.75 Å². The van der Waals surface area contributed by atoms with E-state index in [9.17, 15) is 5.11 Å². The van der Waals surface area contributed by atoms with Gasteiger partial charge in [0.25, 0.3) is 0 Å². The van der Waals surface area contributed by atoms with Crippen LogP contribution in [0.3, 0.4) is 0 Å². The van der Waals surface area contributed by atoms with Gasteiger partial charge in [-0.1, -0.05) is 42.3 Å². The average molecular weight is 259 g/mol. The second kappa shape index (κ2) is 4.66. The second-order valence-corrected chi connectivity index (χ2v) is 5.35. The molecule has 0 aromatic heterocycles. The first-order chi connectivity index (χ1) is 8.74. The van der Waals surface area contributed by atoms with Gasteiger partial charge in [-0.15, -0.1) is 0 Å². The molecule has 18 heavy (non-hydrogen) atoms. The first kappa shape index (κ1) is 11.6. The number of benzene rings is 2. The van der Waals surface area contributed by atoms with Crippen molar-refractivity contribution in [3.05, 3.63) is 53.1 Å². The molecule has 1 saturated carbocycles. The molecular formula is C16H15ClO. The molecule has 0 amide bonds. The Kier molecular flexibility index (Phi) is 3.00. The molecule has 0 aliphatic heterocycles. The molecule has 1 N–H and O–H groups in total. The van der Waals surface area contributed by atoms with Crippen molar-refractivity contribution in [1.82, 2.24) is 0 Å². The quantitative estimate of drug-likeness (QED) is 0.805. The highest BCUT2D eigenvalue weighted by Gasteiger charge is 2.19. The zero-order chi connectivity index (χ0) is 12.5. The van der Waals surface area contributed by atoms with E-state index in [2.05, 4.69) is 18.2 Å². The van der Waals surface area contributed by atoms with Gasteiger partial charge in [-0.2, -0.15) is 0 Å². The minimum Gasteiger partial charge on any atom is -0.507 e. The van der Waals surface area contributed by atoms with Gasteiger partial charge in [0.15, 0.2) is 0 Å². The van der Waals surface area contributed by atoms with Crippen LogP contribution in [0.2, 0.25) is 5.02 Å². The molecule has 0 saturated heterocycles. The van der Waals surface area contributed by atoms with Crippen LogP contribution in [-0.4, -0.2) is 5.11 Å². The molecule has 0 spiro atoms. The molecule has 1 aliphatic carbocycles. The van der Waals surface area contributed by atoms with Crippen LogP contribution < -0.4 is 0 Å². The number of rotatable bonds is 2. The summed E-state index contributed by atoms with van der Waals surface area (Å²) in [5.74, 6) is 0.983. The van der Waals surface area contributed by atoms with Crippen molar-refractivity contribution < 1.29 is 5.11 Å². The van der Waals surface area contributed by atoms with E-state index < -0.39 is 0 Å². The van der Waals surface area contributed by atoms with Crippen molar-refractivity contribution in [2.45, 2.75) is 25.2 Å². The lowest BCUT2D eigenvalue weighted by Gasteiger charge is -2.26. The summed E-state index contributed by atoms with van der Waals surface area (Å²) in [7, 11) is 0. The van der Waals surface area contributed by atoms with Crippen molar-refractivity contribution in [1.29, 1.82) is 0 Å². The van der Waals surface area contributed by atoms with Gasteiger partial charge in [-0.05, 0) is 48.1 Å². The second-order valence-electron chi connectivity index (χ2n) is 4.91. The molecule has 3 rings (SSSR count). The first-order valence-corrected chi connectivity index (χ1v) is 6.71. The molecular weight excluding hydrogens is 244 g/mol. The van der Waals surface area contributed by atoms with E-state index in [0.29, 0.717) is 10.9 Å². The maximum atomic E-state index is 9.93. The molecule has 1 nitrogen and oxygen atoms in total. The van der Waals surface area contributed by atoms with Crippen LogP contribution in [-0.2, 0) is 0 Å². The maximum absolute atomic E-state index is 9.93. The summed E-state index contributed by atoms with van der Waals surface area (Å²) >= 11 is 6.00. The van der Waals surface area contributed by atoms with E-state index in [1.807, 2.05) is 12.1 Å². The molecule has 1 aliphatic rings. The molecule has 1 fully saturated rings. The van der Waals surface area contributed by atoms with E-state index in [-0.39, 0.29) is 5.75 Å². The van der Waals surface area contributed by atoms with Gasteiger partial charge in [-0.25, -0.2) is 0 Å². The largest absolute Gasteiger partial charge is 0.507 e. The summed E-state index contributed by atoms with van der Waals surface area (Å²) in [6, 6.07) is 13.6. The topological polar surface area (TPSA) is 20.2 Å². The van der Waals surface area contributed by atoms with Crippen LogP contribution in [0, 0.1) is 0 Å². The Morgan fingerprint density at radius 3 is 2.61 bits per heavy atom. The predicted octanol–water partition coefficient (Wildman–Crippen LogP) is 4.98. The highest BCUT2D eigenvalue weighted by molar-refractivity contribution is 6.31. The van der Waals surface area contributed by atoms with E-state index in [4.69, 9.17) is 11.6 Å². The summed E-state index contributed by atoms with van der Waals surface area (Å²) in [5, 5.41) is 10.6. The third-order valence-corrected chi connectivity index (χ3v) is 3.97. The Bertz CT molecular complexity index is 573. The SMILES string of the molecule is Oc1ccc(Cl)cc1-c1cccc(C2CCC2)c1. The normalized spacial score (nSPS) is 15.4. The number of aromatic hydroxyl groups is 1. The van der Waals surface area contributed by atoms with Gasteiger partial charge >= 0.3 is 0 Å². The maximum Gasteiger partial charge on any atom is 0.123 e. The molecule has 0 bridgehead atoms. The van der Waals surface area contributed by atoms with Crippen LogP contribution in [0.25, 0.3) is 11.1 Å². The Morgan fingerprint density at radius 1 is 1.06 bits per heavy atom. The van der Waals surface area contributed by atoms with Crippen molar-refractivity contribution in [3.63, 3.8) is 0 Å². The predicted molar refractivity (Wildman–Crippen MR) is 75.1 cm³/mol. The summed E-state index contributed by atoms with van der Waals surface area (Å²) in [6.07, 6.45) is 3.90. The van der Waals surface area contributed by atoms with Gasteiger partial charge in [-0.3, -0.25) is 0 Å². The Hall–Kier alpha value is -1.47. The molecule has 0 radical (unpaired) electrons. The van der Waals surface area contributed by atoms with E-state index >= 15 is 0 Å². The molecule has 0 heterocycles. The van der Waals surface area contributed by atoms with Crippen LogP contribution in [0.5, 0.6) is 5.75 Å². The molecule has 2 aromatic rings.